The third-order valence-electron chi connectivity index (χ3n) is 3.18. The number of hydrogen-bond donors (Lipinski definition) is 1. The highest BCUT2D eigenvalue weighted by Crippen LogP contribution is 2.19. The first-order valence-corrected chi connectivity index (χ1v) is 6.97. The summed E-state index contributed by atoms with van der Waals surface area (Å²) in [6.07, 6.45) is 0.873. The quantitative estimate of drug-likeness (QED) is 0.885. The van der Waals surface area contributed by atoms with Crippen LogP contribution >= 0.6 is 0 Å². The first-order valence-electron chi connectivity index (χ1n) is 6.97. The summed E-state index contributed by atoms with van der Waals surface area (Å²) in [7, 11) is 0. The molecule has 21 heavy (non-hydrogen) atoms. The molecule has 0 atom stereocenters. The van der Waals surface area contributed by atoms with Gasteiger partial charge in [0.15, 0.2) is 0 Å². The van der Waals surface area contributed by atoms with E-state index in [9.17, 15) is 4.79 Å². The van der Waals surface area contributed by atoms with Gasteiger partial charge in [0.25, 0.3) is 0 Å². The largest absolute Gasteiger partial charge is 0.487 e. The molecule has 0 aliphatic carbocycles. The summed E-state index contributed by atoms with van der Waals surface area (Å²) in [5.41, 5.74) is 3.74. The molecule has 2 rings (SSSR count). The number of hydrogen-bond acceptors (Lipinski definition) is 3. The highest BCUT2D eigenvalue weighted by molar-refractivity contribution is 5.70. The van der Waals surface area contributed by atoms with E-state index in [1.54, 1.807) is 0 Å². The molecule has 1 heterocycles. The molecule has 0 unspecified atom stereocenters. The second kappa shape index (κ2) is 6.88. The van der Waals surface area contributed by atoms with Crippen LogP contribution in [0.25, 0.3) is 0 Å². The molecule has 1 aromatic heterocycles. The van der Waals surface area contributed by atoms with Crippen molar-refractivity contribution in [2.75, 3.05) is 0 Å². The summed E-state index contributed by atoms with van der Waals surface area (Å²) in [4.78, 5) is 15.1. The van der Waals surface area contributed by atoms with Crippen molar-refractivity contribution in [3.8, 4) is 5.75 Å². The van der Waals surface area contributed by atoms with E-state index >= 15 is 0 Å². The first kappa shape index (κ1) is 15.0. The van der Waals surface area contributed by atoms with Crippen LogP contribution in [0.2, 0.25) is 0 Å². The van der Waals surface area contributed by atoms with Crippen molar-refractivity contribution >= 4 is 5.97 Å². The second-order valence-corrected chi connectivity index (χ2v) is 4.93. The molecule has 0 aliphatic rings. The number of aliphatic carboxylic acids is 1. The zero-order valence-electron chi connectivity index (χ0n) is 12.3. The van der Waals surface area contributed by atoms with Crippen LogP contribution in [0.4, 0.5) is 0 Å². The Kier molecular flexibility index (Phi) is 4.93. The van der Waals surface area contributed by atoms with E-state index in [1.165, 1.54) is 0 Å². The molecule has 2 aromatic rings. The zero-order valence-corrected chi connectivity index (χ0v) is 12.3. The fourth-order valence-corrected chi connectivity index (χ4v) is 2.07. The SMILES string of the molecule is CCc1nc(C)ccc1OCc1ccc(CC(=O)O)cc1. The standard InChI is InChI=1S/C17H19NO3/c1-3-15-16(9-4-12(2)18-15)21-11-14-7-5-13(6-8-14)10-17(19)20/h4-9H,3,10-11H2,1-2H3,(H,19,20). The molecule has 1 N–H and O–H groups in total. The maximum absolute atomic E-state index is 10.6. The van der Waals surface area contributed by atoms with Gasteiger partial charge >= 0.3 is 5.97 Å². The van der Waals surface area contributed by atoms with Gasteiger partial charge in [-0.2, -0.15) is 0 Å². The average Bonchev–Trinajstić information content (AvgIpc) is 2.46. The van der Waals surface area contributed by atoms with Gasteiger partial charge in [0.1, 0.15) is 12.4 Å². The lowest BCUT2D eigenvalue weighted by Crippen LogP contribution is -2.02. The monoisotopic (exact) mass is 285 g/mol. The van der Waals surface area contributed by atoms with E-state index < -0.39 is 5.97 Å². The Balaban J connectivity index is 2.01. The molecule has 4 heteroatoms. The summed E-state index contributed by atoms with van der Waals surface area (Å²) < 4.78 is 5.81. The summed E-state index contributed by atoms with van der Waals surface area (Å²) in [5.74, 6) is -0.0185. The van der Waals surface area contributed by atoms with Crippen LogP contribution in [-0.4, -0.2) is 16.1 Å². The molecule has 0 radical (unpaired) electrons. The van der Waals surface area contributed by atoms with E-state index in [1.807, 2.05) is 43.3 Å². The Labute approximate surface area is 124 Å². The van der Waals surface area contributed by atoms with Gasteiger partial charge in [-0.15, -0.1) is 0 Å². The molecule has 0 saturated heterocycles. The predicted molar refractivity (Wildman–Crippen MR) is 80.5 cm³/mol. The predicted octanol–water partition coefficient (Wildman–Crippen LogP) is 3.16. The van der Waals surface area contributed by atoms with Crippen LogP contribution in [0.5, 0.6) is 5.75 Å². The molecule has 0 spiro atoms. The molecular formula is C17H19NO3. The highest BCUT2D eigenvalue weighted by atomic mass is 16.5. The molecule has 0 fully saturated rings. The van der Waals surface area contributed by atoms with Gasteiger partial charge in [0, 0.05) is 5.69 Å². The van der Waals surface area contributed by atoms with Crippen molar-refractivity contribution in [2.24, 2.45) is 0 Å². The molecule has 0 bridgehead atoms. The van der Waals surface area contributed by atoms with Gasteiger partial charge in [0.05, 0.1) is 12.1 Å². The summed E-state index contributed by atoms with van der Waals surface area (Å²) in [5, 5.41) is 8.74. The summed E-state index contributed by atoms with van der Waals surface area (Å²) >= 11 is 0. The molecule has 110 valence electrons. The van der Waals surface area contributed by atoms with Gasteiger partial charge in [0.2, 0.25) is 0 Å². The summed E-state index contributed by atoms with van der Waals surface area (Å²) in [6, 6.07) is 11.3. The van der Waals surface area contributed by atoms with E-state index in [-0.39, 0.29) is 6.42 Å². The minimum Gasteiger partial charge on any atom is -0.487 e. The van der Waals surface area contributed by atoms with Gasteiger partial charge in [-0.25, -0.2) is 0 Å². The smallest absolute Gasteiger partial charge is 0.307 e. The van der Waals surface area contributed by atoms with Crippen LogP contribution in [0.15, 0.2) is 36.4 Å². The third-order valence-corrected chi connectivity index (χ3v) is 3.18. The Morgan fingerprint density at radius 3 is 2.43 bits per heavy atom. The number of rotatable bonds is 6. The van der Waals surface area contributed by atoms with Crippen molar-refractivity contribution in [3.05, 3.63) is 58.9 Å². The van der Waals surface area contributed by atoms with Crippen molar-refractivity contribution in [1.29, 1.82) is 0 Å². The summed E-state index contributed by atoms with van der Waals surface area (Å²) in [6.45, 7) is 4.46. The van der Waals surface area contributed by atoms with Crippen LogP contribution in [0, 0.1) is 6.92 Å². The van der Waals surface area contributed by atoms with Gasteiger partial charge < -0.3 is 9.84 Å². The number of aryl methyl sites for hydroxylation is 2. The number of ether oxygens (including phenoxy) is 1. The molecule has 0 amide bonds. The third kappa shape index (κ3) is 4.31. The van der Waals surface area contributed by atoms with Gasteiger partial charge in [-0.3, -0.25) is 9.78 Å². The van der Waals surface area contributed by atoms with Crippen molar-refractivity contribution in [1.82, 2.24) is 4.98 Å². The number of pyridine rings is 1. The van der Waals surface area contributed by atoms with Crippen molar-refractivity contribution < 1.29 is 14.6 Å². The van der Waals surface area contributed by atoms with Crippen molar-refractivity contribution in [3.63, 3.8) is 0 Å². The van der Waals surface area contributed by atoms with Gasteiger partial charge in [-0.05, 0) is 36.6 Å². The minimum absolute atomic E-state index is 0.0446. The van der Waals surface area contributed by atoms with E-state index in [0.29, 0.717) is 6.61 Å². The van der Waals surface area contributed by atoms with E-state index in [2.05, 4.69) is 11.9 Å². The number of carbonyl (C=O) groups is 1. The first-order chi connectivity index (χ1) is 10.1. The van der Waals surface area contributed by atoms with E-state index in [4.69, 9.17) is 9.84 Å². The fraction of sp³-hybridized carbons (Fsp3) is 0.294. The van der Waals surface area contributed by atoms with Crippen molar-refractivity contribution in [2.45, 2.75) is 33.3 Å². The molecule has 1 aromatic carbocycles. The lowest BCUT2D eigenvalue weighted by atomic mass is 10.1. The minimum atomic E-state index is -0.822. The molecule has 0 saturated carbocycles. The zero-order chi connectivity index (χ0) is 15.2. The number of carboxylic acids is 1. The maximum atomic E-state index is 10.6. The highest BCUT2D eigenvalue weighted by Gasteiger charge is 2.05. The lowest BCUT2D eigenvalue weighted by molar-refractivity contribution is -0.136. The van der Waals surface area contributed by atoms with Crippen LogP contribution in [-0.2, 0) is 24.2 Å². The lowest BCUT2D eigenvalue weighted by Gasteiger charge is -2.10. The topological polar surface area (TPSA) is 59.4 Å². The van der Waals surface area contributed by atoms with Crippen LogP contribution < -0.4 is 4.74 Å². The Hall–Kier alpha value is -2.36. The van der Waals surface area contributed by atoms with E-state index in [0.717, 1.165) is 34.7 Å². The Morgan fingerprint density at radius 2 is 1.81 bits per heavy atom. The number of carboxylic acid groups (broad SMARTS) is 1. The normalized spacial score (nSPS) is 10.4. The van der Waals surface area contributed by atoms with Gasteiger partial charge in [-0.1, -0.05) is 31.2 Å². The second-order valence-electron chi connectivity index (χ2n) is 4.93. The average molecular weight is 285 g/mol. The number of nitrogens with zero attached hydrogens (tertiary/aromatic N) is 1. The Bertz CT molecular complexity index is 620. The molecule has 0 aliphatic heterocycles. The van der Waals surface area contributed by atoms with Crippen LogP contribution in [0.3, 0.4) is 0 Å². The Morgan fingerprint density at radius 1 is 1.14 bits per heavy atom. The molecular weight excluding hydrogens is 266 g/mol. The fourth-order valence-electron chi connectivity index (χ4n) is 2.07. The number of aromatic nitrogens is 1. The number of benzene rings is 1. The maximum Gasteiger partial charge on any atom is 0.307 e. The van der Waals surface area contributed by atoms with Crippen LogP contribution in [0.1, 0.15) is 29.4 Å². The molecule has 4 nitrogen and oxygen atoms in total.